The van der Waals surface area contributed by atoms with Crippen LogP contribution >= 0.6 is 12.6 Å². The van der Waals surface area contributed by atoms with Gasteiger partial charge in [0.15, 0.2) is 0 Å². The van der Waals surface area contributed by atoms with Crippen molar-refractivity contribution in [1.82, 2.24) is 4.90 Å². The molecule has 0 bridgehead atoms. The second kappa shape index (κ2) is 8.42. The summed E-state index contributed by atoms with van der Waals surface area (Å²) in [4.78, 5) is 5.03. The number of unbranched alkanes of at least 4 members (excludes halogenated alkanes) is 2. The zero-order valence-corrected chi connectivity index (χ0v) is 13.3. The van der Waals surface area contributed by atoms with Crippen LogP contribution in [0.25, 0.3) is 0 Å². The van der Waals surface area contributed by atoms with Gasteiger partial charge in [0.25, 0.3) is 0 Å². The van der Waals surface area contributed by atoms with Gasteiger partial charge in [-0.2, -0.15) is 12.6 Å². The number of hydrogen-bond donors (Lipinski definition) is 1. The van der Waals surface area contributed by atoms with Crippen molar-refractivity contribution >= 4 is 18.3 Å². The van der Waals surface area contributed by atoms with Crippen molar-refractivity contribution in [2.24, 2.45) is 0 Å². The van der Waals surface area contributed by atoms with Crippen LogP contribution in [-0.4, -0.2) is 50.5 Å². The van der Waals surface area contributed by atoms with Crippen LogP contribution in [0.1, 0.15) is 19.3 Å². The van der Waals surface area contributed by atoms with Gasteiger partial charge < -0.3 is 9.64 Å². The van der Waals surface area contributed by atoms with Crippen molar-refractivity contribution in [2.45, 2.75) is 19.3 Å². The van der Waals surface area contributed by atoms with Crippen molar-refractivity contribution in [3.63, 3.8) is 0 Å². The summed E-state index contributed by atoms with van der Waals surface area (Å²) in [5.41, 5.74) is 1.28. The van der Waals surface area contributed by atoms with Gasteiger partial charge in [-0.05, 0) is 37.3 Å². The molecule has 20 heavy (non-hydrogen) atoms. The first kappa shape index (κ1) is 15.5. The number of benzene rings is 1. The fourth-order valence-corrected chi connectivity index (χ4v) is 2.88. The average molecular weight is 294 g/mol. The van der Waals surface area contributed by atoms with E-state index >= 15 is 0 Å². The van der Waals surface area contributed by atoms with E-state index in [1.807, 2.05) is 6.07 Å². The molecule has 0 aliphatic carbocycles. The average Bonchev–Trinajstić information content (AvgIpc) is 2.52. The molecule has 1 aliphatic rings. The van der Waals surface area contributed by atoms with Crippen molar-refractivity contribution in [3.05, 3.63) is 24.3 Å². The van der Waals surface area contributed by atoms with E-state index in [0.29, 0.717) is 0 Å². The first-order valence-corrected chi connectivity index (χ1v) is 8.19. The highest BCUT2D eigenvalue weighted by Gasteiger charge is 2.16. The SMILES string of the molecule is COc1cccc(N2CCN(CCCCCS)CC2)c1. The molecule has 0 saturated carbocycles. The van der Waals surface area contributed by atoms with Crippen LogP contribution in [0.4, 0.5) is 5.69 Å². The minimum absolute atomic E-state index is 0.941. The molecule has 0 amide bonds. The van der Waals surface area contributed by atoms with Crippen molar-refractivity contribution in [3.8, 4) is 5.75 Å². The number of thiol groups is 1. The third-order valence-corrected chi connectivity index (χ3v) is 4.24. The van der Waals surface area contributed by atoms with Gasteiger partial charge in [-0.25, -0.2) is 0 Å². The number of piperazine rings is 1. The lowest BCUT2D eigenvalue weighted by Crippen LogP contribution is -2.46. The second-order valence-corrected chi connectivity index (χ2v) is 5.76. The van der Waals surface area contributed by atoms with Gasteiger partial charge in [0.05, 0.1) is 7.11 Å². The third-order valence-electron chi connectivity index (χ3n) is 3.92. The molecule has 0 atom stereocenters. The number of anilines is 1. The van der Waals surface area contributed by atoms with Gasteiger partial charge in [0.1, 0.15) is 5.75 Å². The third kappa shape index (κ3) is 4.60. The van der Waals surface area contributed by atoms with E-state index in [4.69, 9.17) is 4.74 Å². The Hall–Kier alpha value is -0.870. The Bertz CT molecular complexity index is 392. The molecule has 1 aromatic carbocycles. The summed E-state index contributed by atoms with van der Waals surface area (Å²) < 4.78 is 5.30. The summed E-state index contributed by atoms with van der Waals surface area (Å²) in [5.74, 6) is 1.96. The highest BCUT2D eigenvalue weighted by atomic mass is 32.1. The van der Waals surface area contributed by atoms with Gasteiger partial charge in [-0.15, -0.1) is 0 Å². The molecule has 4 heteroatoms. The maximum Gasteiger partial charge on any atom is 0.120 e. The summed E-state index contributed by atoms with van der Waals surface area (Å²) >= 11 is 4.26. The van der Waals surface area contributed by atoms with Crippen LogP contribution in [0.5, 0.6) is 5.75 Å². The van der Waals surface area contributed by atoms with Crippen LogP contribution in [0.15, 0.2) is 24.3 Å². The molecule has 112 valence electrons. The lowest BCUT2D eigenvalue weighted by Gasteiger charge is -2.36. The summed E-state index contributed by atoms with van der Waals surface area (Å²) in [6, 6.07) is 8.37. The molecule has 0 radical (unpaired) electrons. The quantitative estimate of drug-likeness (QED) is 0.615. The molecule has 0 aromatic heterocycles. The van der Waals surface area contributed by atoms with E-state index in [1.165, 1.54) is 31.5 Å². The maximum absolute atomic E-state index is 5.30. The Kier molecular flexibility index (Phi) is 6.54. The Morgan fingerprint density at radius 3 is 2.60 bits per heavy atom. The van der Waals surface area contributed by atoms with E-state index in [9.17, 15) is 0 Å². The Morgan fingerprint density at radius 2 is 1.90 bits per heavy atom. The van der Waals surface area contributed by atoms with Crippen LogP contribution < -0.4 is 9.64 Å². The molecule has 1 aliphatic heterocycles. The molecule has 1 fully saturated rings. The Morgan fingerprint density at radius 1 is 1.10 bits per heavy atom. The molecule has 1 saturated heterocycles. The van der Waals surface area contributed by atoms with Crippen LogP contribution in [0, 0.1) is 0 Å². The van der Waals surface area contributed by atoms with Gasteiger partial charge >= 0.3 is 0 Å². The van der Waals surface area contributed by atoms with Gasteiger partial charge in [-0.3, -0.25) is 4.90 Å². The van der Waals surface area contributed by atoms with E-state index in [0.717, 1.165) is 37.7 Å². The standard InChI is InChI=1S/C16H26N2OS/c1-19-16-7-5-6-15(14-16)18-11-9-17(10-12-18)8-3-2-4-13-20/h5-7,14,20H,2-4,8-13H2,1H3. The van der Waals surface area contributed by atoms with Crippen molar-refractivity contribution in [1.29, 1.82) is 0 Å². The summed E-state index contributed by atoms with van der Waals surface area (Å²) in [6.07, 6.45) is 3.85. The molecule has 0 spiro atoms. The lowest BCUT2D eigenvalue weighted by atomic mass is 10.2. The molecule has 3 nitrogen and oxygen atoms in total. The van der Waals surface area contributed by atoms with E-state index in [1.54, 1.807) is 7.11 Å². The highest BCUT2D eigenvalue weighted by Crippen LogP contribution is 2.22. The van der Waals surface area contributed by atoms with Crippen molar-refractivity contribution in [2.75, 3.05) is 50.5 Å². The zero-order valence-electron chi connectivity index (χ0n) is 12.4. The van der Waals surface area contributed by atoms with E-state index < -0.39 is 0 Å². The highest BCUT2D eigenvalue weighted by molar-refractivity contribution is 7.80. The first-order valence-electron chi connectivity index (χ1n) is 7.55. The van der Waals surface area contributed by atoms with Gasteiger partial charge in [0, 0.05) is 37.9 Å². The molecule has 0 unspecified atom stereocenters. The number of hydrogen-bond acceptors (Lipinski definition) is 4. The zero-order chi connectivity index (χ0) is 14.2. The molecule has 1 aromatic rings. The largest absolute Gasteiger partial charge is 0.497 e. The van der Waals surface area contributed by atoms with Gasteiger partial charge in [0.2, 0.25) is 0 Å². The molecular formula is C16H26N2OS. The van der Waals surface area contributed by atoms with Crippen LogP contribution in [0.2, 0.25) is 0 Å². The topological polar surface area (TPSA) is 15.7 Å². The fourth-order valence-electron chi connectivity index (χ4n) is 2.66. The second-order valence-electron chi connectivity index (χ2n) is 5.31. The van der Waals surface area contributed by atoms with Crippen LogP contribution in [-0.2, 0) is 0 Å². The van der Waals surface area contributed by atoms with E-state index in [2.05, 4.69) is 40.6 Å². The normalized spacial score (nSPS) is 16.4. The summed E-state index contributed by atoms with van der Waals surface area (Å²) in [7, 11) is 1.72. The minimum Gasteiger partial charge on any atom is -0.497 e. The number of ether oxygens (including phenoxy) is 1. The summed E-state index contributed by atoms with van der Waals surface area (Å²) in [6.45, 7) is 5.79. The number of methoxy groups -OCH3 is 1. The fraction of sp³-hybridized carbons (Fsp3) is 0.625. The van der Waals surface area contributed by atoms with Crippen LogP contribution in [0.3, 0.4) is 0 Å². The predicted octanol–water partition coefficient (Wildman–Crippen LogP) is 2.92. The number of rotatable bonds is 7. The summed E-state index contributed by atoms with van der Waals surface area (Å²) in [5, 5.41) is 0. The smallest absolute Gasteiger partial charge is 0.120 e. The molecule has 2 rings (SSSR count). The number of nitrogens with zero attached hydrogens (tertiary/aromatic N) is 2. The maximum atomic E-state index is 5.30. The molecule has 0 N–H and O–H groups in total. The van der Waals surface area contributed by atoms with Crippen molar-refractivity contribution < 1.29 is 4.74 Å². The van der Waals surface area contributed by atoms with E-state index in [-0.39, 0.29) is 0 Å². The first-order chi connectivity index (χ1) is 9.83. The molecule has 1 heterocycles. The predicted molar refractivity (Wildman–Crippen MR) is 89.4 cm³/mol. The monoisotopic (exact) mass is 294 g/mol. The Balaban J connectivity index is 1.76. The molecular weight excluding hydrogens is 268 g/mol. The minimum atomic E-state index is 0.941. The lowest BCUT2D eigenvalue weighted by molar-refractivity contribution is 0.253. The van der Waals surface area contributed by atoms with Gasteiger partial charge in [-0.1, -0.05) is 12.5 Å². The Labute approximate surface area is 128 Å².